The smallest absolute Gasteiger partial charge is 0.119 e. The van der Waals surface area contributed by atoms with Crippen LogP contribution in [0.3, 0.4) is 0 Å². The van der Waals surface area contributed by atoms with E-state index in [1.807, 2.05) is 48.5 Å². The summed E-state index contributed by atoms with van der Waals surface area (Å²) < 4.78 is 5.72. The van der Waals surface area contributed by atoms with Crippen molar-refractivity contribution in [2.75, 3.05) is 26.2 Å². The first-order chi connectivity index (χ1) is 11.3. The lowest BCUT2D eigenvalue weighted by Crippen LogP contribution is -2.43. The van der Waals surface area contributed by atoms with E-state index in [0.717, 1.165) is 56.9 Å². The van der Waals surface area contributed by atoms with E-state index < -0.39 is 5.60 Å². The van der Waals surface area contributed by atoms with Crippen LogP contribution in [0.4, 0.5) is 0 Å². The van der Waals surface area contributed by atoms with E-state index in [2.05, 4.69) is 9.88 Å². The molecule has 0 aliphatic carbocycles. The van der Waals surface area contributed by atoms with E-state index in [9.17, 15) is 5.11 Å². The average Bonchev–Trinajstić information content (AvgIpc) is 2.62. The fourth-order valence-electron chi connectivity index (χ4n) is 3.04. The highest BCUT2D eigenvalue weighted by Gasteiger charge is 2.34. The lowest BCUT2D eigenvalue weighted by molar-refractivity contribution is -0.0298. The molecule has 1 saturated heterocycles. The van der Waals surface area contributed by atoms with Gasteiger partial charge in [-0.3, -0.25) is 4.98 Å². The Morgan fingerprint density at radius 2 is 1.78 bits per heavy atom. The van der Waals surface area contributed by atoms with Gasteiger partial charge in [-0.05, 0) is 43.5 Å². The molecule has 0 radical (unpaired) electrons. The van der Waals surface area contributed by atoms with Crippen molar-refractivity contribution in [3.63, 3.8) is 0 Å². The van der Waals surface area contributed by atoms with E-state index in [0.29, 0.717) is 0 Å². The summed E-state index contributed by atoms with van der Waals surface area (Å²) in [4.78, 5) is 6.71. The first-order valence-electron chi connectivity index (χ1n) is 8.30. The number of likely N-dealkylation sites (tertiary alicyclic amines) is 1. The second-order valence-corrected chi connectivity index (χ2v) is 6.10. The van der Waals surface area contributed by atoms with Crippen molar-refractivity contribution in [2.45, 2.75) is 24.9 Å². The van der Waals surface area contributed by atoms with Gasteiger partial charge in [0.1, 0.15) is 11.4 Å². The second kappa shape index (κ2) is 7.57. The van der Waals surface area contributed by atoms with Gasteiger partial charge in [-0.15, -0.1) is 0 Å². The Kier molecular flexibility index (Phi) is 5.26. The van der Waals surface area contributed by atoms with E-state index in [1.54, 1.807) is 6.20 Å². The number of hydrogen-bond acceptors (Lipinski definition) is 4. The molecule has 1 aliphatic heterocycles. The fourth-order valence-corrected chi connectivity index (χ4v) is 3.04. The molecule has 122 valence electrons. The molecule has 3 rings (SSSR count). The van der Waals surface area contributed by atoms with Crippen LogP contribution < -0.4 is 4.74 Å². The van der Waals surface area contributed by atoms with Crippen LogP contribution in [0.1, 0.15) is 25.0 Å². The van der Waals surface area contributed by atoms with Gasteiger partial charge in [0.15, 0.2) is 0 Å². The zero-order chi connectivity index (χ0) is 16.0. The number of hydrogen-bond donors (Lipinski definition) is 1. The van der Waals surface area contributed by atoms with Gasteiger partial charge in [0, 0.05) is 25.8 Å². The zero-order valence-electron chi connectivity index (χ0n) is 13.4. The van der Waals surface area contributed by atoms with Crippen LogP contribution in [-0.2, 0) is 5.60 Å². The average molecular weight is 312 g/mol. The van der Waals surface area contributed by atoms with Gasteiger partial charge in [0.2, 0.25) is 0 Å². The molecule has 0 bridgehead atoms. The van der Waals surface area contributed by atoms with Crippen molar-refractivity contribution >= 4 is 0 Å². The molecular formula is C19H24N2O2. The predicted molar refractivity (Wildman–Crippen MR) is 90.4 cm³/mol. The summed E-state index contributed by atoms with van der Waals surface area (Å²) in [6, 6.07) is 15.7. The summed E-state index contributed by atoms with van der Waals surface area (Å²) in [6.07, 6.45) is 4.23. The van der Waals surface area contributed by atoms with Crippen molar-refractivity contribution < 1.29 is 9.84 Å². The molecule has 1 aromatic carbocycles. The quantitative estimate of drug-likeness (QED) is 0.833. The van der Waals surface area contributed by atoms with Crippen molar-refractivity contribution in [1.82, 2.24) is 9.88 Å². The number of piperidine rings is 1. The Morgan fingerprint density at radius 3 is 2.48 bits per heavy atom. The molecule has 0 unspecified atom stereocenters. The summed E-state index contributed by atoms with van der Waals surface area (Å²) in [5.41, 5.74) is 0.0326. The predicted octanol–water partition coefficient (Wildman–Crippen LogP) is 2.83. The number of aromatic nitrogens is 1. The van der Waals surface area contributed by atoms with Gasteiger partial charge in [0.25, 0.3) is 0 Å². The van der Waals surface area contributed by atoms with E-state index in [4.69, 9.17) is 4.74 Å². The van der Waals surface area contributed by atoms with Gasteiger partial charge < -0.3 is 14.7 Å². The van der Waals surface area contributed by atoms with E-state index >= 15 is 0 Å². The molecule has 0 atom stereocenters. The number of ether oxygens (including phenoxy) is 1. The van der Waals surface area contributed by atoms with Crippen LogP contribution in [0.2, 0.25) is 0 Å². The molecule has 1 fully saturated rings. The molecule has 1 N–H and O–H groups in total. The third-order valence-electron chi connectivity index (χ3n) is 4.46. The Morgan fingerprint density at radius 1 is 1.04 bits per heavy atom. The van der Waals surface area contributed by atoms with Crippen molar-refractivity contribution in [2.24, 2.45) is 0 Å². The molecule has 0 amide bonds. The summed E-state index contributed by atoms with van der Waals surface area (Å²) >= 11 is 0. The number of rotatable bonds is 6. The molecule has 4 heteroatoms. The molecule has 1 aromatic heterocycles. The van der Waals surface area contributed by atoms with Crippen molar-refractivity contribution in [1.29, 1.82) is 0 Å². The second-order valence-electron chi connectivity index (χ2n) is 6.10. The molecule has 2 aromatic rings. The maximum atomic E-state index is 10.8. The highest BCUT2D eigenvalue weighted by atomic mass is 16.5. The minimum atomic E-state index is -0.766. The highest BCUT2D eigenvalue weighted by molar-refractivity contribution is 5.20. The van der Waals surface area contributed by atoms with E-state index in [1.165, 1.54) is 0 Å². The Labute approximate surface area is 137 Å². The Balaban J connectivity index is 1.39. The molecular weight excluding hydrogens is 288 g/mol. The lowest BCUT2D eigenvalue weighted by atomic mass is 9.88. The normalized spacial score (nSPS) is 17.8. The fraction of sp³-hybridized carbons (Fsp3) is 0.421. The molecule has 2 heterocycles. The van der Waals surface area contributed by atoms with Crippen LogP contribution in [0.15, 0.2) is 54.7 Å². The lowest BCUT2D eigenvalue weighted by Gasteiger charge is -2.37. The third-order valence-corrected chi connectivity index (χ3v) is 4.46. The van der Waals surface area contributed by atoms with Gasteiger partial charge in [0.05, 0.1) is 12.3 Å². The SMILES string of the molecule is OC1(c2ccccn2)CCN(CCCOc2ccccc2)CC1. The molecule has 23 heavy (non-hydrogen) atoms. The maximum absolute atomic E-state index is 10.8. The zero-order valence-corrected chi connectivity index (χ0v) is 13.4. The van der Waals surface area contributed by atoms with Crippen LogP contribution >= 0.6 is 0 Å². The van der Waals surface area contributed by atoms with Crippen LogP contribution in [0.25, 0.3) is 0 Å². The summed E-state index contributed by atoms with van der Waals surface area (Å²) in [5, 5.41) is 10.8. The minimum absolute atomic E-state index is 0.727. The standard InChI is InChI=1S/C19H24N2O2/c22-19(18-9-4-5-12-20-18)10-14-21(15-11-19)13-6-16-23-17-7-2-1-3-8-17/h1-5,7-9,12,22H,6,10-11,13-16H2. The van der Waals surface area contributed by atoms with Gasteiger partial charge in [-0.1, -0.05) is 24.3 Å². The van der Waals surface area contributed by atoms with Gasteiger partial charge >= 0.3 is 0 Å². The Bertz CT molecular complexity index is 581. The molecule has 4 nitrogen and oxygen atoms in total. The van der Waals surface area contributed by atoms with Crippen LogP contribution in [-0.4, -0.2) is 41.2 Å². The summed E-state index contributed by atoms with van der Waals surface area (Å²) in [5.74, 6) is 0.927. The van der Waals surface area contributed by atoms with Crippen molar-refractivity contribution in [3.05, 3.63) is 60.4 Å². The van der Waals surface area contributed by atoms with Gasteiger partial charge in [-0.25, -0.2) is 0 Å². The number of nitrogens with zero attached hydrogens (tertiary/aromatic N) is 2. The Hall–Kier alpha value is -1.91. The van der Waals surface area contributed by atoms with E-state index in [-0.39, 0.29) is 0 Å². The summed E-state index contributed by atoms with van der Waals surface area (Å²) in [6.45, 7) is 3.53. The monoisotopic (exact) mass is 312 g/mol. The summed E-state index contributed by atoms with van der Waals surface area (Å²) in [7, 11) is 0. The largest absolute Gasteiger partial charge is 0.494 e. The minimum Gasteiger partial charge on any atom is -0.494 e. The number of pyridine rings is 1. The number of aliphatic hydroxyl groups is 1. The number of benzene rings is 1. The third kappa shape index (κ3) is 4.30. The van der Waals surface area contributed by atoms with Gasteiger partial charge in [-0.2, -0.15) is 0 Å². The van der Waals surface area contributed by atoms with Crippen LogP contribution in [0, 0.1) is 0 Å². The first kappa shape index (κ1) is 16.0. The topological polar surface area (TPSA) is 45.6 Å². The highest BCUT2D eigenvalue weighted by Crippen LogP contribution is 2.31. The van der Waals surface area contributed by atoms with Crippen LogP contribution in [0.5, 0.6) is 5.75 Å². The first-order valence-corrected chi connectivity index (χ1v) is 8.30. The number of para-hydroxylation sites is 1. The molecule has 0 saturated carbocycles. The molecule has 1 aliphatic rings. The van der Waals surface area contributed by atoms with Crippen molar-refractivity contribution in [3.8, 4) is 5.75 Å². The molecule has 0 spiro atoms. The maximum Gasteiger partial charge on any atom is 0.119 e.